The van der Waals surface area contributed by atoms with E-state index in [0.29, 0.717) is 24.3 Å². The number of aliphatic hydroxyl groups excluding tert-OH is 2. The highest BCUT2D eigenvalue weighted by Crippen LogP contribution is 2.12. The molecule has 6 heteroatoms. The van der Waals surface area contributed by atoms with Gasteiger partial charge in [-0.05, 0) is 49.9 Å². The largest absolute Gasteiger partial charge is 0.462 e. The number of aliphatic hydroxyl groups is 2. The van der Waals surface area contributed by atoms with Crippen molar-refractivity contribution in [1.29, 1.82) is 0 Å². The van der Waals surface area contributed by atoms with E-state index in [4.69, 9.17) is 19.7 Å². The highest BCUT2D eigenvalue weighted by molar-refractivity contribution is 5.93. The number of rotatable bonds is 22. The Morgan fingerprint density at radius 1 is 0.471 bits per heavy atom. The van der Waals surface area contributed by atoms with Crippen LogP contribution in [-0.4, -0.2) is 48.6 Å². The number of esters is 2. The number of hydrogen-bond acceptors (Lipinski definition) is 6. The second-order valence-electron chi connectivity index (χ2n) is 8.95. The number of benzene rings is 1. The monoisotopic (exact) mass is 478 g/mol. The van der Waals surface area contributed by atoms with Crippen LogP contribution in [0.4, 0.5) is 0 Å². The molecule has 1 aromatic carbocycles. The first-order valence-electron chi connectivity index (χ1n) is 13.3. The molecule has 194 valence electrons. The molecule has 0 aliphatic rings. The van der Waals surface area contributed by atoms with E-state index in [0.717, 1.165) is 64.2 Å². The first kappa shape index (κ1) is 30.1. The Balaban J connectivity index is 2.08. The van der Waals surface area contributed by atoms with Crippen LogP contribution in [0.2, 0.25) is 0 Å². The third-order valence-corrected chi connectivity index (χ3v) is 5.93. The van der Waals surface area contributed by atoms with Crippen molar-refractivity contribution in [3.8, 4) is 0 Å². The van der Waals surface area contributed by atoms with E-state index < -0.39 is 0 Å². The smallest absolute Gasteiger partial charge is 0.338 e. The van der Waals surface area contributed by atoms with Crippen LogP contribution >= 0.6 is 0 Å². The second kappa shape index (κ2) is 21.6. The maximum absolute atomic E-state index is 12.2. The molecule has 2 N–H and O–H groups in total. The summed E-state index contributed by atoms with van der Waals surface area (Å²) in [5.41, 5.74) is 0.888. The van der Waals surface area contributed by atoms with Crippen LogP contribution in [-0.2, 0) is 9.47 Å². The predicted octanol–water partition coefficient (Wildman–Crippen LogP) is 6.23. The van der Waals surface area contributed by atoms with Gasteiger partial charge in [0.25, 0.3) is 0 Å². The molecule has 0 spiro atoms. The van der Waals surface area contributed by atoms with E-state index in [-0.39, 0.29) is 25.2 Å². The number of hydrogen-bond donors (Lipinski definition) is 2. The van der Waals surface area contributed by atoms with Crippen LogP contribution in [0.5, 0.6) is 0 Å². The lowest BCUT2D eigenvalue weighted by molar-refractivity contribution is 0.0483. The van der Waals surface area contributed by atoms with E-state index in [1.54, 1.807) is 24.3 Å². The van der Waals surface area contributed by atoms with Gasteiger partial charge < -0.3 is 19.7 Å². The molecule has 0 atom stereocenters. The van der Waals surface area contributed by atoms with Crippen molar-refractivity contribution >= 4 is 11.9 Å². The van der Waals surface area contributed by atoms with Gasteiger partial charge in [-0.2, -0.15) is 0 Å². The molecule has 0 aliphatic heterocycles. The van der Waals surface area contributed by atoms with E-state index in [2.05, 4.69) is 0 Å². The van der Waals surface area contributed by atoms with Crippen LogP contribution in [0, 0.1) is 0 Å². The fraction of sp³-hybridized carbons (Fsp3) is 0.714. The summed E-state index contributed by atoms with van der Waals surface area (Å²) in [4.78, 5) is 24.3. The fourth-order valence-corrected chi connectivity index (χ4v) is 3.79. The maximum atomic E-state index is 12.2. The molecule has 0 unspecified atom stereocenters. The summed E-state index contributed by atoms with van der Waals surface area (Å²) in [6.45, 7) is 1.39. The van der Waals surface area contributed by atoms with E-state index in [1.165, 1.54) is 38.5 Å². The maximum Gasteiger partial charge on any atom is 0.338 e. The Hall–Kier alpha value is -1.92. The van der Waals surface area contributed by atoms with E-state index in [1.807, 2.05) is 0 Å². The zero-order chi connectivity index (χ0) is 24.7. The van der Waals surface area contributed by atoms with Crippen LogP contribution in [0.15, 0.2) is 24.3 Å². The SMILES string of the molecule is O=C(OCCCCCCCCCCO)c1ccc(C(=O)OCCCCCCCCCCO)cc1. The lowest BCUT2D eigenvalue weighted by Crippen LogP contribution is -2.09. The predicted molar refractivity (Wildman–Crippen MR) is 135 cm³/mol. The van der Waals surface area contributed by atoms with Gasteiger partial charge in [0.1, 0.15) is 0 Å². The quantitative estimate of drug-likeness (QED) is 0.152. The van der Waals surface area contributed by atoms with Gasteiger partial charge in [-0.25, -0.2) is 9.59 Å². The first-order chi connectivity index (χ1) is 16.7. The Morgan fingerprint density at radius 3 is 1.03 bits per heavy atom. The minimum atomic E-state index is -0.361. The number of carbonyl (C=O) groups is 2. The average Bonchev–Trinajstić information content (AvgIpc) is 2.86. The molecule has 0 radical (unpaired) electrons. The lowest BCUT2D eigenvalue weighted by Gasteiger charge is -2.07. The molecule has 6 nitrogen and oxygen atoms in total. The summed E-state index contributed by atoms with van der Waals surface area (Å²) in [6.07, 6.45) is 17.2. The minimum absolute atomic E-state index is 0.285. The van der Waals surface area contributed by atoms with Crippen molar-refractivity contribution in [3.63, 3.8) is 0 Å². The fourth-order valence-electron chi connectivity index (χ4n) is 3.79. The van der Waals surface area contributed by atoms with Gasteiger partial charge in [-0.3, -0.25) is 0 Å². The third kappa shape index (κ3) is 15.8. The summed E-state index contributed by atoms with van der Waals surface area (Å²) in [6, 6.07) is 6.45. The first-order valence-corrected chi connectivity index (χ1v) is 13.3. The molecule has 0 saturated carbocycles. The van der Waals surface area contributed by atoms with Gasteiger partial charge in [0.15, 0.2) is 0 Å². The summed E-state index contributed by atoms with van der Waals surface area (Å²) >= 11 is 0. The van der Waals surface area contributed by atoms with Gasteiger partial charge in [0.05, 0.1) is 24.3 Å². The molecule has 0 heterocycles. The van der Waals surface area contributed by atoms with Gasteiger partial charge in [-0.15, -0.1) is 0 Å². The molecular weight excluding hydrogens is 432 g/mol. The van der Waals surface area contributed by atoms with Gasteiger partial charge in [-0.1, -0.05) is 77.0 Å². The summed E-state index contributed by atoms with van der Waals surface area (Å²) in [7, 11) is 0. The van der Waals surface area contributed by atoms with Crippen molar-refractivity contribution in [2.75, 3.05) is 26.4 Å². The molecule has 0 aliphatic carbocycles. The van der Waals surface area contributed by atoms with Crippen molar-refractivity contribution < 1.29 is 29.3 Å². The third-order valence-electron chi connectivity index (χ3n) is 5.93. The van der Waals surface area contributed by atoms with Gasteiger partial charge in [0, 0.05) is 13.2 Å². The molecule has 1 rings (SSSR count). The number of carbonyl (C=O) groups excluding carboxylic acids is 2. The summed E-state index contributed by atoms with van der Waals surface area (Å²) in [5.74, 6) is -0.722. The van der Waals surface area contributed by atoms with Crippen molar-refractivity contribution in [2.24, 2.45) is 0 Å². The molecule has 1 aromatic rings. The average molecular weight is 479 g/mol. The standard InChI is InChI=1S/C28H46O6/c29-21-13-9-5-1-3-7-11-15-23-33-27(31)25-17-19-26(20-18-25)28(32)34-24-16-12-8-4-2-6-10-14-22-30/h17-20,29-30H,1-16,21-24H2. The van der Waals surface area contributed by atoms with Gasteiger partial charge in [0.2, 0.25) is 0 Å². The Bertz CT molecular complexity index is 573. The molecule has 0 aromatic heterocycles. The van der Waals surface area contributed by atoms with Gasteiger partial charge >= 0.3 is 11.9 Å². The molecule has 0 fully saturated rings. The molecule has 34 heavy (non-hydrogen) atoms. The normalized spacial score (nSPS) is 10.9. The van der Waals surface area contributed by atoms with Crippen molar-refractivity contribution in [2.45, 2.75) is 103 Å². The Morgan fingerprint density at radius 2 is 0.735 bits per heavy atom. The molecule has 0 saturated heterocycles. The van der Waals surface area contributed by atoms with Crippen LogP contribution in [0.3, 0.4) is 0 Å². The van der Waals surface area contributed by atoms with Crippen molar-refractivity contribution in [1.82, 2.24) is 0 Å². The van der Waals surface area contributed by atoms with E-state index in [9.17, 15) is 9.59 Å². The Kier molecular flexibility index (Phi) is 19.1. The summed E-state index contributed by atoms with van der Waals surface area (Å²) < 4.78 is 10.7. The molecule has 0 bridgehead atoms. The van der Waals surface area contributed by atoms with Crippen LogP contribution in [0.1, 0.15) is 123 Å². The summed E-state index contributed by atoms with van der Waals surface area (Å²) in [5, 5.41) is 17.5. The van der Waals surface area contributed by atoms with Crippen LogP contribution < -0.4 is 0 Å². The highest BCUT2D eigenvalue weighted by atomic mass is 16.5. The zero-order valence-corrected chi connectivity index (χ0v) is 21.0. The molecular formula is C28H46O6. The Labute approximate surface area is 206 Å². The minimum Gasteiger partial charge on any atom is -0.462 e. The number of ether oxygens (including phenoxy) is 2. The highest BCUT2D eigenvalue weighted by Gasteiger charge is 2.11. The van der Waals surface area contributed by atoms with E-state index >= 15 is 0 Å². The van der Waals surface area contributed by atoms with Crippen molar-refractivity contribution in [3.05, 3.63) is 35.4 Å². The molecule has 0 amide bonds. The zero-order valence-electron chi connectivity index (χ0n) is 21.0. The second-order valence-corrected chi connectivity index (χ2v) is 8.95. The number of unbranched alkanes of at least 4 members (excludes halogenated alkanes) is 14. The topological polar surface area (TPSA) is 93.1 Å². The lowest BCUT2D eigenvalue weighted by atomic mass is 10.1. The van der Waals surface area contributed by atoms with Crippen LogP contribution in [0.25, 0.3) is 0 Å².